The molecule has 0 fully saturated rings. The maximum absolute atomic E-state index is 12.0. The van der Waals surface area contributed by atoms with Crippen molar-refractivity contribution in [3.05, 3.63) is 71.8 Å². The zero-order valence-corrected chi connectivity index (χ0v) is 17.8. The molecule has 2 aromatic rings. The first-order chi connectivity index (χ1) is 13.6. The van der Waals surface area contributed by atoms with Gasteiger partial charge in [0.15, 0.2) is 0 Å². The van der Waals surface area contributed by atoms with Crippen LogP contribution in [-0.2, 0) is 10.8 Å². The summed E-state index contributed by atoms with van der Waals surface area (Å²) in [5, 5.41) is 9.85. The van der Waals surface area contributed by atoms with E-state index in [1.54, 1.807) is 24.3 Å². The predicted octanol–water partition coefficient (Wildman–Crippen LogP) is 6.61. The van der Waals surface area contributed by atoms with Gasteiger partial charge in [-0.3, -0.25) is 0 Å². The van der Waals surface area contributed by atoms with Crippen molar-refractivity contribution in [2.24, 2.45) is 0 Å². The molecule has 0 amide bonds. The maximum atomic E-state index is 12.0. The molecule has 1 N–H and O–H groups in total. The molecule has 0 radical (unpaired) electrons. The molecular formula is C26H30O3. The molecule has 152 valence electrons. The van der Waals surface area contributed by atoms with E-state index < -0.39 is 5.97 Å². The van der Waals surface area contributed by atoms with E-state index in [0.29, 0.717) is 17.9 Å². The summed E-state index contributed by atoms with van der Waals surface area (Å²) in [5.41, 5.74) is 5.03. The molecule has 0 aromatic heterocycles. The molecule has 3 nitrogen and oxygen atoms in total. The lowest BCUT2D eigenvalue weighted by Crippen LogP contribution is -2.34. The molecule has 2 aromatic carbocycles. The number of carboxylic acid groups (broad SMARTS) is 1. The van der Waals surface area contributed by atoms with Gasteiger partial charge in [0.1, 0.15) is 12.4 Å². The normalized spacial score (nSPS) is 16.6. The van der Waals surface area contributed by atoms with Crippen LogP contribution in [0.15, 0.2) is 49.6 Å². The molecule has 0 atom stereocenters. The fourth-order valence-corrected chi connectivity index (χ4v) is 4.28. The molecule has 1 aliphatic carbocycles. The van der Waals surface area contributed by atoms with Gasteiger partial charge in [-0.15, -0.1) is 0 Å². The molecule has 29 heavy (non-hydrogen) atoms. The second kappa shape index (κ2) is 7.55. The minimum Gasteiger partial charge on any atom is -0.489 e. The predicted molar refractivity (Wildman–Crippen MR) is 120 cm³/mol. The van der Waals surface area contributed by atoms with E-state index >= 15 is 0 Å². The van der Waals surface area contributed by atoms with Gasteiger partial charge in [-0.25, -0.2) is 4.79 Å². The summed E-state index contributed by atoms with van der Waals surface area (Å²) in [5.74, 6) is -0.276. The Morgan fingerprint density at radius 2 is 1.72 bits per heavy atom. The standard InChI is InChI=1S/C26H30O3/c1-7-14-29-22-16-21-20(25(3,4)12-13-26(21,5)6)15-19(22)23-17(8-2)10-9-11-18(23)24(27)28/h7-11,15-16H,1-2,12-14H2,3-6H3,(H,27,28). The Bertz CT molecular complexity index is 980. The minimum atomic E-state index is -0.962. The lowest BCUT2D eigenvalue weighted by atomic mass is 9.62. The van der Waals surface area contributed by atoms with Crippen molar-refractivity contribution in [1.82, 2.24) is 0 Å². The third-order valence-corrected chi connectivity index (χ3v) is 6.13. The summed E-state index contributed by atoms with van der Waals surface area (Å²) < 4.78 is 6.06. The van der Waals surface area contributed by atoms with Crippen LogP contribution in [0.3, 0.4) is 0 Å². The molecule has 0 aliphatic heterocycles. The molecule has 0 unspecified atom stereocenters. The first-order valence-electron chi connectivity index (χ1n) is 10.0. The average Bonchev–Trinajstić information content (AvgIpc) is 2.68. The topological polar surface area (TPSA) is 46.5 Å². The van der Waals surface area contributed by atoms with Crippen LogP contribution in [-0.4, -0.2) is 17.7 Å². The highest BCUT2D eigenvalue weighted by molar-refractivity contribution is 6.00. The van der Waals surface area contributed by atoms with Gasteiger partial charge in [-0.05, 0) is 58.6 Å². The van der Waals surface area contributed by atoms with Crippen LogP contribution in [0.25, 0.3) is 17.2 Å². The van der Waals surface area contributed by atoms with Gasteiger partial charge in [0.2, 0.25) is 0 Å². The Morgan fingerprint density at radius 3 is 2.28 bits per heavy atom. The first kappa shape index (κ1) is 20.9. The first-order valence-corrected chi connectivity index (χ1v) is 10.0. The number of ether oxygens (including phenoxy) is 1. The van der Waals surface area contributed by atoms with Crippen molar-refractivity contribution in [3.63, 3.8) is 0 Å². The van der Waals surface area contributed by atoms with Gasteiger partial charge < -0.3 is 9.84 Å². The number of aromatic carboxylic acids is 1. The second-order valence-corrected chi connectivity index (χ2v) is 9.04. The Kier molecular flexibility index (Phi) is 5.44. The number of hydrogen-bond donors (Lipinski definition) is 1. The monoisotopic (exact) mass is 390 g/mol. The lowest BCUT2D eigenvalue weighted by Gasteiger charge is -2.42. The summed E-state index contributed by atoms with van der Waals surface area (Å²) in [6, 6.07) is 9.53. The van der Waals surface area contributed by atoms with Crippen LogP contribution in [0, 0.1) is 0 Å². The van der Waals surface area contributed by atoms with Gasteiger partial charge in [-0.1, -0.05) is 65.1 Å². The van der Waals surface area contributed by atoms with E-state index in [1.165, 1.54) is 11.1 Å². The summed E-state index contributed by atoms with van der Waals surface area (Å²) in [7, 11) is 0. The van der Waals surface area contributed by atoms with Crippen molar-refractivity contribution in [1.29, 1.82) is 0 Å². The SMILES string of the molecule is C=CCOc1cc2c(cc1-c1c(C=C)cccc1C(=O)O)C(C)(C)CCC2(C)C. The van der Waals surface area contributed by atoms with Crippen LogP contribution in [0.4, 0.5) is 0 Å². The fraction of sp³-hybridized carbons (Fsp3) is 0.346. The van der Waals surface area contributed by atoms with Crippen LogP contribution in [0.1, 0.15) is 67.6 Å². The van der Waals surface area contributed by atoms with Crippen molar-refractivity contribution in [3.8, 4) is 16.9 Å². The highest BCUT2D eigenvalue weighted by Gasteiger charge is 2.38. The average molecular weight is 391 g/mol. The van der Waals surface area contributed by atoms with Gasteiger partial charge >= 0.3 is 5.97 Å². The Morgan fingerprint density at radius 1 is 1.10 bits per heavy atom. The van der Waals surface area contributed by atoms with Crippen molar-refractivity contribution < 1.29 is 14.6 Å². The number of rotatable bonds is 6. The van der Waals surface area contributed by atoms with Gasteiger partial charge in [0.05, 0.1) is 5.56 Å². The van der Waals surface area contributed by atoms with Crippen LogP contribution in [0.2, 0.25) is 0 Å². The van der Waals surface area contributed by atoms with Crippen molar-refractivity contribution in [2.45, 2.75) is 51.4 Å². The van der Waals surface area contributed by atoms with Crippen LogP contribution >= 0.6 is 0 Å². The van der Waals surface area contributed by atoms with Gasteiger partial charge in [-0.2, -0.15) is 0 Å². The number of carboxylic acids is 1. The summed E-state index contributed by atoms with van der Waals surface area (Å²) in [6.07, 6.45) is 5.58. The van der Waals surface area contributed by atoms with E-state index in [9.17, 15) is 9.90 Å². The van der Waals surface area contributed by atoms with E-state index in [-0.39, 0.29) is 16.4 Å². The third kappa shape index (κ3) is 3.74. The molecular weight excluding hydrogens is 360 g/mol. The van der Waals surface area contributed by atoms with Gasteiger partial charge in [0.25, 0.3) is 0 Å². The Labute approximate surface area is 173 Å². The molecule has 0 heterocycles. The number of carbonyl (C=O) groups is 1. The lowest BCUT2D eigenvalue weighted by molar-refractivity contribution is 0.0697. The molecule has 0 bridgehead atoms. The van der Waals surface area contributed by atoms with E-state index in [0.717, 1.165) is 24.0 Å². The molecule has 0 spiro atoms. The smallest absolute Gasteiger partial charge is 0.336 e. The highest BCUT2D eigenvalue weighted by atomic mass is 16.5. The number of fused-ring (bicyclic) bond motifs is 1. The molecule has 3 heteroatoms. The summed E-state index contributed by atoms with van der Waals surface area (Å²) in [6.45, 7) is 17.1. The largest absolute Gasteiger partial charge is 0.489 e. The summed E-state index contributed by atoms with van der Waals surface area (Å²) >= 11 is 0. The van der Waals surface area contributed by atoms with E-state index in [1.807, 2.05) is 6.07 Å². The van der Waals surface area contributed by atoms with E-state index in [2.05, 4.69) is 53.0 Å². The molecule has 1 aliphatic rings. The third-order valence-electron chi connectivity index (χ3n) is 6.13. The van der Waals surface area contributed by atoms with Crippen LogP contribution in [0.5, 0.6) is 5.75 Å². The number of hydrogen-bond acceptors (Lipinski definition) is 2. The quantitative estimate of drug-likeness (QED) is 0.565. The molecule has 0 saturated heterocycles. The zero-order chi connectivity index (χ0) is 21.4. The Hall–Kier alpha value is -2.81. The van der Waals surface area contributed by atoms with Gasteiger partial charge in [0, 0.05) is 11.1 Å². The van der Waals surface area contributed by atoms with E-state index in [4.69, 9.17) is 4.74 Å². The number of benzene rings is 2. The summed E-state index contributed by atoms with van der Waals surface area (Å²) in [4.78, 5) is 12.0. The Balaban J connectivity index is 2.40. The highest BCUT2D eigenvalue weighted by Crippen LogP contribution is 2.50. The zero-order valence-electron chi connectivity index (χ0n) is 17.8. The maximum Gasteiger partial charge on any atom is 0.336 e. The fourth-order valence-electron chi connectivity index (χ4n) is 4.28. The molecule has 0 saturated carbocycles. The second-order valence-electron chi connectivity index (χ2n) is 9.04. The molecule has 3 rings (SSSR count). The van der Waals surface area contributed by atoms with Crippen molar-refractivity contribution >= 4 is 12.0 Å². The van der Waals surface area contributed by atoms with Crippen molar-refractivity contribution in [2.75, 3.05) is 6.61 Å². The minimum absolute atomic E-state index is 0.00306. The van der Waals surface area contributed by atoms with Crippen LogP contribution < -0.4 is 4.74 Å².